The number of nitrogens with zero attached hydrogens (tertiary/aromatic N) is 2. The molecule has 4 nitrogen and oxygen atoms in total. The minimum absolute atomic E-state index is 0.236. The number of hydrogen-bond donors (Lipinski definition) is 1. The van der Waals surface area contributed by atoms with Crippen molar-refractivity contribution in [3.8, 4) is 0 Å². The van der Waals surface area contributed by atoms with Crippen LogP contribution in [0.15, 0.2) is 0 Å². The molecule has 0 spiro atoms. The minimum atomic E-state index is 0.236. The van der Waals surface area contributed by atoms with Crippen molar-refractivity contribution in [2.45, 2.75) is 38.8 Å². The molecule has 1 heterocycles. The number of carbonyl (C=O) groups excluding carboxylic acids is 1. The van der Waals surface area contributed by atoms with Gasteiger partial charge in [-0.05, 0) is 26.9 Å². The molecule has 0 saturated carbocycles. The summed E-state index contributed by atoms with van der Waals surface area (Å²) in [6.45, 7) is 6.39. The smallest absolute Gasteiger partial charge is 0.236 e. The molecule has 94 valence electrons. The van der Waals surface area contributed by atoms with E-state index >= 15 is 0 Å². The first-order valence-electron chi connectivity index (χ1n) is 6.18. The van der Waals surface area contributed by atoms with Gasteiger partial charge in [0.25, 0.3) is 0 Å². The molecule has 4 heteroatoms. The van der Waals surface area contributed by atoms with Crippen LogP contribution in [0.25, 0.3) is 0 Å². The van der Waals surface area contributed by atoms with Crippen molar-refractivity contribution in [2.75, 3.05) is 33.7 Å². The summed E-state index contributed by atoms with van der Waals surface area (Å²) in [7, 11) is 4.18. The molecule has 1 aliphatic heterocycles. The second-order valence-electron chi connectivity index (χ2n) is 5.14. The summed E-state index contributed by atoms with van der Waals surface area (Å²) in [5.74, 6) is 0.236. The third-order valence-electron chi connectivity index (χ3n) is 3.14. The predicted molar refractivity (Wildman–Crippen MR) is 66.4 cm³/mol. The van der Waals surface area contributed by atoms with E-state index in [0.29, 0.717) is 18.6 Å². The van der Waals surface area contributed by atoms with Crippen LogP contribution in [0.1, 0.15) is 26.7 Å². The van der Waals surface area contributed by atoms with Gasteiger partial charge in [-0.25, -0.2) is 0 Å². The summed E-state index contributed by atoms with van der Waals surface area (Å²) in [6, 6.07) is 0.898. The zero-order valence-electron chi connectivity index (χ0n) is 11.0. The molecule has 0 aromatic carbocycles. The lowest BCUT2D eigenvalue weighted by molar-refractivity contribution is -0.132. The minimum Gasteiger partial charge on any atom is -0.340 e. The van der Waals surface area contributed by atoms with Crippen molar-refractivity contribution < 1.29 is 4.79 Å². The van der Waals surface area contributed by atoms with Crippen LogP contribution in [0.4, 0.5) is 0 Å². The summed E-state index contributed by atoms with van der Waals surface area (Å²) >= 11 is 0. The lowest BCUT2D eigenvalue weighted by atomic mass is 10.0. The molecule has 0 bridgehead atoms. The standard InChI is InChI=1S/C12H25N3O/c1-10(2)13-8-12(16)15-7-5-6-11(9-15)14(3)4/h10-11,13H,5-9H2,1-4H3. The fraction of sp³-hybridized carbons (Fsp3) is 0.917. The van der Waals surface area contributed by atoms with Crippen molar-refractivity contribution in [2.24, 2.45) is 0 Å². The van der Waals surface area contributed by atoms with Crippen molar-refractivity contribution in [3.63, 3.8) is 0 Å². The van der Waals surface area contributed by atoms with E-state index in [2.05, 4.69) is 38.2 Å². The zero-order chi connectivity index (χ0) is 12.1. The van der Waals surface area contributed by atoms with Crippen LogP contribution < -0.4 is 5.32 Å². The molecule has 0 aromatic heterocycles. The third kappa shape index (κ3) is 4.10. The van der Waals surface area contributed by atoms with Crippen LogP contribution in [0.5, 0.6) is 0 Å². The number of rotatable bonds is 4. The molecule has 1 rings (SSSR count). The molecule has 1 saturated heterocycles. The molecule has 1 atom stereocenters. The monoisotopic (exact) mass is 227 g/mol. The van der Waals surface area contributed by atoms with E-state index in [9.17, 15) is 4.79 Å². The Bertz CT molecular complexity index is 228. The number of carbonyl (C=O) groups is 1. The molecular formula is C12H25N3O. The van der Waals surface area contributed by atoms with Crippen molar-refractivity contribution in [1.29, 1.82) is 0 Å². The van der Waals surface area contributed by atoms with Gasteiger partial charge in [0.1, 0.15) is 0 Å². The molecule has 1 N–H and O–H groups in total. The number of likely N-dealkylation sites (N-methyl/N-ethyl adjacent to an activating group) is 1. The number of amides is 1. The van der Waals surface area contributed by atoms with Gasteiger partial charge in [0, 0.05) is 25.2 Å². The van der Waals surface area contributed by atoms with Gasteiger partial charge < -0.3 is 15.1 Å². The Morgan fingerprint density at radius 3 is 2.75 bits per heavy atom. The first-order valence-corrected chi connectivity index (χ1v) is 6.18. The Kier molecular flexibility index (Phi) is 5.22. The average Bonchev–Trinajstić information content (AvgIpc) is 2.26. The number of likely N-dealkylation sites (tertiary alicyclic amines) is 1. The summed E-state index contributed by atoms with van der Waals surface area (Å²) < 4.78 is 0. The molecule has 1 fully saturated rings. The van der Waals surface area contributed by atoms with Crippen molar-refractivity contribution >= 4 is 5.91 Å². The van der Waals surface area contributed by atoms with E-state index in [-0.39, 0.29) is 5.91 Å². The number of piperidine rings is 1. The lowest BCUT2D eigenvalue weighted by Gasteiger charge is -2.36. The number of hydrogen-bond acceptors (Lipinski definition) is 3. The maximum atomic E-state index is 11.9. The normalized spacial score (nSPS) is 21.9. The van der Waals surface area contributed by atoms with Gasteiger partial charge in [0.15, 0.2) is 0 Å². The van der Waals surface area contributed by atoms with Crippen LogP contribution in [0, 0.1) is 0 Å². The van der Waals surface area contributed by atoms with Gasteiger partial charge >= 0.3 is 0 Å². The molecule has 1 unspecified atom stereocenters. The predicted octanol–water partition coefficient (Wildman–Crippen LogP) is 0.537. The highest BCUT2D eigenvalue weighted by Gasteiger charge is 2.24. The number of nitrogens with one attached hydrogen (secondary N) is 1. The van der Waals surface area contributed by atoms with Gasteiger partial charge in [0.2, 0.25) is 5.91 Å². The van der Waals surface area contributed by atoms with E-state index in [0.717, 1.165) is 19.5 Å². The van der Waals surface area contributed by atoms with Crippen LogP contribution in [-0.2, 0) is 4.79 Å². The first-order chi connectivity index (χ1) is 7.50. The van der Waals surface area contributed by atoms with Gasteiger partial charge in [-0.2, -0.15) is 0 Å². The fourth-order valence-corrected chi connectivity index (χ4v) is 2.01. The quantitative estimate of drug-likeness (QED) is 0.761. The maximum absolute atomic E-state index is 11.9. The summed E-state index contributed by atoms with van der Waals surface area (Å²) in [4.78, 5) is 16.1. The molecule has 16 heavy (non-hydrogen) atoms. The molecule has 1 amide bonds. The highest BCUT2D eigenvalue weighted by molar-refractivity contribution is 5.78. The summed E-state index contributed by atoms with van der Waals surface area (Å²) in [5, 5.41) is 3.18. The highest BCUT2D eigenvalue weighted by Crippen LogP contribution is 2.13. The van der Waals surface area contributed by atoms with Crippen molar-refractivity contribution in [3.05, 3.63) is 0 Å². The summed E-state index contributed by atoms with van der Waals surface area (Å²) in [6.07, 6.45) is 2.32. The van der Waals surface area contributed by atoms with E-state index in [1.54, 1.807) is 0 Å². The molecule has 0 aromatic rings. The average molecular weight is 227 g/mol. The largest absolute Gasteiger partial charge is 0.340 e. The molecule has 0 radical (unpaired) electrons. The van der Waals surface area contributed by atoms with Crippen LogP contribution >= 0.6 is 0 Å². The topological polar surface area (TPSA) is 35.6 Å². The van der Waals surface area contributed by atoms with E-state index in [1.165, 1.54) is 6.42 Å². The van der Waals surface area contributed by atoms with Gasteiger partial charge in [-0.3, -0.25) is 4.79 Å². The van der Waals surface area contributed by atoms with Crippen molar-refractivity contribution in [1.82, 2.24) is 15.1 Å². The Morgan fingerprint density at radius 1 is 1.50 bits per heavy atom. The van der Waals surface area contributed by atoms with Crippen LogP contribution in [0.2, 0.25) is 0 Å². The Balaban J connectivity index is 2.38. The van der Waals surface area contributed by atoms with E-state index in [4.69, 9.17) is 0 Å². The Morgan fingerprint density at radius 2 is 2.19 bits per heavy atom. The zero-order valence-corrected chi connectivity index (χ0v) is 11.0. The van der Waals surface area contributed by atoms with Gasteiger partial charge in [0.05, 0.1) is 6.54 Å². The molecule has 1 aliphatic rings. The van der Waals surface area contributed by atoms with Crippen LogP contribution in [0.3, 0.4) is 0 Å². The maximum Gasteiger partial charge on any atom is 0.236 e. The molecular weight excluding hydrogens is 202 g/mol. The Labute approximate surface area is 99.0 Å². The first kappa shape index (κ1) is 13.5. The summed E-state index contributed by atoms with van der Waals surface area (Å²) in [5.41, 5.74) is 0. The van der Waals surface area contributed by atoms with E-state index < -0.39 is 0 Å². The second kappa shape index (κ2) is 6.21. The van der Waals surface area contributed by atoms with E-state index in [1.807, 2.05) is 4.90 Å². The molecule has 0 aliphatic carbocycles. The second-order valence-corrected chi connectivity index (χ2v) is 5.14. The Hall–Kier alpha value is -0.610. The SMILES string of the molecule is CC(C)NCC(=O)N1CCCC(N(C)C)C1. The lowest BCUT2D eigenvalue weighted by Crippen LogP contribution is -2.50. The van der Waals surface area contributed by atoms with Gasteiger partial charge in [-0.15, -0.1) is 0 Å². The van der Waals surface area contributed by atoms with Crippen LogP contribution in [-0.4, -0.2) is 61.5 Å². The fourth-order valence-electron chi connectivity index (χ4n) is 2.01. The highest BCUT2D eigenvalue weighted by atomic mass is 16.2. The third-order valence-corrected chi connectivity index (χ3v) is 3.14. The van der Waals surface area contributed by atoms with Gasteiger partial charge in [-0.1, -0.05) is 13.8 Å².